The van der Waals surface area contributed by atoms with Crippen LogP contribution in [0.15, 0.2) is 48.5 Å². The quantitative estimate of drug-likeness (QED) is 0.822. The van der Waals surface area contributed by atoms with Crippen LogP contribution >= 0.6 is 0 Å². The number of rotatable bonds is 2. The molecule has 2 rings (SSSR count). The van der Waals surface area contributed by atoms with Crippen LogP contribution in [-0.2, 0) is 0 Å². The van der Waals surface area contributed by atoms with Crippen molar-refractivity contribution in [2.24, 2.45) is 5.73 Å². The molecule has 1 amide bonds. The van der Waals surface area contributed by atoms with Gasteiger partial charge in [-0.15, -0.1) is 0 Å². The molecule has 0 aliphatic carbocycles. The summed E-state index contributed by atoms with van der Waals surface area (Å²) in [4.78, 5) is 12.2. The number of amides is 1. The summed E-state index contributed by atoms with van der Waals surface area (Å²) in [6, 6.07) is 12.6. The lowest BCUT2D eigenvalue weighted by molar-refractivity contribution is 0.102. The summed E-state index contributed by atoms with van der Waals surface area (Å²) in [5, 5.41) is 2.70. The lowest BCUT2D eigenvalue weighted by atomic mass is 10.1. The molecule has 0 saturated carbocycles. The molecular formula is C16H13FN2O. The van der Waals surface area contributed by atoms with Crippen molar-refractivity contribution in [1.29, 1.82) is 0 Å². The minimum atomic E-state index is -0.350. The largest absolute Gasteiger partial charge is 0.322 e. The van der Waals surface area contributed by atoms with Gasteiger partial charge in [0.05, 0.1) is 12.1 Å². The second kappa shape index (κ2) is 6.50. The fraction of sp³-hybridized carbons (Fsp3) is 0.0625. The number of hydrogen-bond donors (Lipinski definition) is 2. The van der Waals surface area contributed by atoms with Gasteiger partial charge in [-0.1, -0.05) is 24.0 Å². The predicted octanol–water partition coefficient (Wildman–Crippen LogP) is 2.39. The van der Waals surface area contributed by atoms with Crippen molar-refractivity contribution in [3.05, 3.63) is 65.5 Å². The number of halogens is 1. The zero-order valence-electron chi connectivity index (χ0n) is 10.7. The van der Waals surface area contributed by atoms with Crippen molar-refractivity contribution in [3.63, 3.8) is 0 Å². The minimum Gasteiger partial charge on any atom is -0.322 e. The third kappa shape index (κ3) is 3.44. The van der Waals surface area contributed by atoms with E-state index in [1.165, 1.54) is 24.3 Å². The van der Waals surface area contributed by atoms with E-state index in [4.69, 9.17) is 5.73 Å². The van der Waals surface area contributed by atoms with Crippen molar-refractivity contribution < 1.29 is 9.18 Å². The molecule has 0 fully saturated rings. The van der Waals surface area contributed by atoms with Crippen LogP contribution in [0.4, 0.5) is 10.1 Å². The Hall–Kier alpha value is -2.64. The minimum absolute atomic E-state index is 0.230. The molecular weight excluding hydrogens is 255 g/mol. The van der Waals surface area contributed by atoms with Gasteiger partial charge in [0.25, 0.3) is 5.91 Å². The highest BCUT2D eigenvalue weighted by atomic mass is 19.1. The zero-order valence-corrected chi connectivity index (χ0v) is 10.7. The highest BCUT2D eigenvalue weighted by Crippen LogP contribution is 2.13. The third-order valence-corrected chi connectivity index (χ3v) is 2.60. The number of anilines is 1. The summed E-state index contributed by atoms with van der Waals surface area (Å²) < 4.78 is 12.8. The van der Waals surface area contributed by atoms with Gasteiger partial charge in [-0.2, -0.15) is 0 Å². The van der Waals surface area contributed by atoms with E-state index in [9.17, 15) is 9.18 Å². The molecule has 0 radical (unpaired) electrons. The monoisotopic (exact) mass is 268 g/mol. The van der Waals surface area contributed by atoms with Crippen LogP contribution in [0.25, 0.3) is 0 Å². The Bertz CT molecular complexity index is 669. The molecule has 4 heteroatoms. The number of carbonyl (C=O) groups is 1. The zero-order chi connectivity index (χ0) is 14.4. The molecule has 0 aromatic heterocycles. The fourth-order valence-electron chi connectivity index (χ4n) is 1.67. The summed E-state index contributed by atoms with van der Waals surface area (Å²) in [6.45, 7) is 0.230. The molecule has 0 heterocycles. The van der Waals surface area contributed by atoms with Crippen LogP contribution < -0.4 is 11.1 Å². The van der Waals surface area contributed by atoms with E-state index in [1.807, 2.05) is 0 Å². The molecule has 100 valence electrons. The van der Waals surface area contributed by atoms with Crippen molar-refractivity contribution in [2.75, 3.05) is 11.9 Å². The van der Waals surface area contributed by atoms with E-state index in [1.54, 1.807) is 24.3 Å². The topological polar surface area (TPSA) is 55.1 Å². The van der Waals surface area contributed by atoms with Gasteiger partial charge in [0, 0.05) is 11.3 Å². The molecule has 0 aliphatic heterocycles. The SMILES string of the molecule is NCC#Cc1ccccc1C(=O)Nc1ccc(F)cc1. The number of nitrogens with two attached hydrogens (primary N) is 1. The summed E-state index contributed by atoms with van der Waals surface area (Å²) in [7, 11) is 0. The van der Waals surface area contributed by atoms with Crippen molar-refractivity contribution in [3.8, 4) is 11.8 Å². The summed E-state index contributed by atoms with van der Waals surface area (Å²) in [5.74, 6) is 4.93. The Morgan fingerprint density at radius 2 is 1.85 bits per heavy atom. The number of hydrogen-bond acceptors (Lipinski definition) is 2. The Labute approximate surface area is 116 Å². The first-order valence-electron chi connectivity index (χ1n) is 6.05. The highest BCUT2D eigenvalue weighted by molar-refractivity contribution is 6.05. The van der Waals surface area contributed by atoms with E-state index in [0.29, 0.717) is 16.8 Å². The Morgan fingerprint density at radius 3 is 2.55 bits per heavy atom. The Kier molecular flexibility index (Phi) is 4.48. The fourth-order valence-corrected chi connectivity index (χ4v) is 1.67. The van der Waals surface area contributed by atoms with E-state index in [2.05, 4.69) is 17.2 Å². The molecule has 0 bridgehead atoms. The average molecular weight is 268 g/mol. The molecule has 20 heavy (non-hydrogen) atoms. The van der Waals surface area contributed by atoms with Crippen LogP contribution in [0.2, 0.25) is 0 Å². The molecule has 2 aromatic carbocycles. The van der Waals surface area contributed by atoms with Gasteiger partial charge in [-0.3, -0.25) is 4.79 Å². The second-order valence-corrected chi connectivity index (χ2v) is 4.01. The summed E-state index contributed by atoms with van der Waals surface area (Å²) in [6.07, 6.45) is 0. The number of carbonyl (C=O) groups excluding carboxylic acids is 1. The normalized spacial score (nSPS) is 9.50. The lowest BCUT2D eigenvalue weighted by Gasteiger charge is -2.06. The van der Waals surface area contributed by atoms with Gasteiger partial charge in [0.2, 0.25) is 0 Å². The van der Waals surface area contributed by atoms with Crippen LogP contribution in [0.3, 0.4) is 0 Å². The van der Waals surface area contributed by atoms with Crippen LogP contribution in [-0.4, -0.2) is 12.5 Å². The molecule has 0 saturated heterocycles. The molecule has 0 aliphatic rings. The van der Waals surface area contributed by atoms with E-state index in [0.717, 1.165) is 0 Å². The average Bonchev–Trinajstić information content (AvgIpc) is 2.47. The van der Waals surface area contributed by atoms with Crippen LogP contribution in [0.1, 0.15) is 15.9 Å². The van der Waals surface area contributed by atoms with Crippen molar-refractivity contribution in [2.45, 2.75) is 0 Å². The maximum Gasteiger partial charge on any atom is 0.256 e. The molecule has 3 nitrogen and oxygen atoms in total. The number of benzene rings is 2. The summed E-state index contributed by atoms with van der Waals surface area (Å²) >= 11 is 0. The van der Waals surface area contributed by atoms with Gasteiger partial charge in [0.1, 0.15) is 5.82 Å². The van der Waals surface area contributed by atoms with Gasteiger partial charge >= 0.3 is 0 Å². The van der Waals surface area contributed by atoms with Crippen LogP contribution in [0, 0.1) is 17.7 Å². The molecule has 3 N–H and O–H groups in total. The van der Waals surface area contributed by atoms with Gasteiger partial charge in [0.15, 0.2) is 0 Å². The Balaban J connectivity index is 2.23. The highest BCUT2D eigenvalue weighted by Gasteiger charge is 2.09. The Morgan fingerprint density at radius 1 is 1.15 bits per heavy atom. The lowest BCUT2D eigenvalue weighted by Crippen LogP contribution is -2.13. The molecule has 2 aromatic rings. The summed E-state index contributed by atoms with van der Waals surface area (Å²) in [5.41, 5.74) is 6.92. The van der Waals surface area contributed by atoms with Gasteiger partial charge < -0.3 is 11.1 Å². The molecule has 0 unspecified atom stereocenters. The smallest absolute Gasteiger partial charge is 0.256 e. The third-order valence-electron chi connectivity index (χ3n) is 2.60. The predicted molar refractivity (Wildman–Crippen MR) is 76.7 cm³/mol. The molecule has 0 spiro atoms. The maximum atomic E-state index is 12.8. The van der Waals surface area contributed by atoms with E-state index in [-0.39, 0.29) is 18.3 Å². The van der Waals surface area contributed by atoms with Gasteiger partial charge in [-0.25, -0.2) is 4.39 Å². The molecule has 0 atom stereocenters. The number of nitrogens with one attached hydrogen (secondary N) is 1. The van der Waals surface area contributed by atoms with Crippen LogP contribution in [0.5, 0.6) is 0 Å². The first-order valence-corrected chi connectivity index (χ1v) is 6.05. The first kappa shape index (κ1) is 13.8. The van der Waals surface area contributed by atoms with Crippen molar-refractivity contribution >= 4 is 11.6 Å². The van der Waals surface area contributed by atoms with E-state index < -0.39 is 0 Å². The van der Waals surface area contributed by atoms with Gasteiger partial charge in [-0.05, 0) is 36.4 Å². The first-order chi connectivity index (χ1) is 9.70. The van der Waals surface area contributed by atoms with Crippen molar-refractivity contribution in [1.82, 2.24) is 0 Å². The van der Waals surface area contributed by atoms with E-state index >= 15 is 0 Å². The second-order valence-electron chi connectivity index (χ2n) is 4.01. The standard InChI is InChI=1S/C16H13FN2O/c17-13-7-9-14(10-8-13)19-16(20)15-6-2-1-4-12(15)5-3-11-18/h1-2,4,6-10H,11,18H2,(H,19,20). The maximum absolute atomic E-state index is 12.8.